The van der Waals surface area contributed by atoms with Crippen molar-refractivity contribution in [3.63, 3.8) is 0 Å². The first-order valence-electron chi connectivity index (χ1n) is 5.42. The van der Waals surface area contributed by atoms with Gasteiger partial charge in [-0.15, -0.1) is 11.4 Å². The Balaban J connectivity index is -0.000000166. The zero-order chi connectivity index (χ0) is 14.1. The Morgan fingerprint density at radius 3 is 1.21 bits per heavy atom. The summed E-state index contributed by atoms with van der Waals surface area (Å²) in [6.45, 7) is 0.233. The summed E-state index contributed by atoms with van der Waals surface area (Å²) in [7, 11) is 2.25. The summed E-state index contributed by atoms with van der Waals surface area (Å²) in [5, 5.41) is 15.0. The van der Waals surface area contributed by atoms with Crippen LogP contribution >= 0.6 is 0 Å². The van der Waals surface area contributed by atoms with Gasteiger partial charge in [-0.3, -0.25) is 0 Å². The molecule has 0 saturated heterocycles. The van der Waals surface area contributed by atoms with Crippen LogP contribution in [0.4, 0.5) is 20.2 Å². The van der Waals surface area contributed by atoms with Crippen LogP contribution in [0.3, 0.4) is 0 Å². The molecular weight excluding hydrogens is 500 g/mol. The Hall–Kier alpha value is -1.01. The van der Waals surface area contributed by atoms with Crippen LogP contribution in [0.15, 0.2) is 48.5 Å². The number of hydrogen-bond donors (Lipinski definition) is 1. The van der Waals surface area contributed by atoms with Crippen LogP contribution in [0.25, 0.3) is 10.6 Å². The zero-order valence-corrected chi connectivity index (χ0v) is 15.8. The average molecular weight is 519 g/mol. The van der Waals surface area contributed by atoms with Crippen molar-refractivity contribution in [1.29, 1.82) is 0 Å². The van der Waals surface area contributed by atoms with E-state index in [0.29, 0.717) is 11.4 Å². The summed E-state index contributed by atoms with van der Waals surface area (Å²) in [5.74, 6) is -0.584. The standard InChI is InChI=1S/C13H10F2N2.CH3O.3H2O.2Ru/c14-10-1-5-12(6-2-10)16-9-17-13-7-3-11(15)4-8-13;1-2;;;;;/h1-8H,9H2;2H,1H2;3*1H2;;/q-2;-1;;;;+1;+2. The number of nitrogens with zero attached hydrogens (tertiary/aromatic N) is 2. The summed E-state index contributed by atoms with van der Waals surface area (Å²) in [6.07, 6.45) is 0. The quantitative estimate of drug-likeness (QED) is 0.480. The number of hydrogen-bond acceptors (Lipinski definition) is 1. The van der Waals surface area contributed by atoms with E-state index in [1.54, 1.807) is 24.3 Å². The predicted molar refractivity (Wildman–Crippen MR) is 81.8 cm³/mol. The minimum Gasteiger partial charge on any atom is -0.699 e. The van der Waals surface area contributed by atoms with E-state index >= 15 is 0 Å². The van der Waals surface area contributed by atoms with E-state index in [4.69, 9.17) is 5.11 Å². The molecule has 0 aliphatic rings. The monoisotopic (exact) mass is 521 g/mol. The van der Waals surface area contributed by atoms with Crippen molar-refractivity contribution in [2.45, 2.75) is 0 Å². The van der Waals surface area contributed by atoms with Gasteiger partial charge < -0.3 is 32.2 Å². The van der Waals surface area contributed by atoms with Crippen molar-refractivity contribution < 1.29 is 69.3 Å². The Kier molecular flexibility index (Phi) is 28.7. The molecule has 0 fully saturated rings. The fourth-order valence-electron chi connectivity index (χ4n) is 1.29. The second-order valence-corrected chi connectivity index (χ2v) is 3.41. The van der Waals surface area contributed by atoms with E-state index in [0.717, 1.165) is 0 Å². The molecule has 0 bridgehead atoms. The van der Waals surface area contributed by atoms with Gasteiger partial charge in [0.1, 0.15) is 11.6 Å². The number of rotatable bonds is 4. The molecular formula is C14H19F2N2O4Ru2. The minimum absolute atomic E-state index is 0. The first-order valence-corrected chi connectivity index (χ1v) is 5.42. The van der Waals surface area contributed by atoms with Crippen LogP contribution in [-0.4, -0.2) is 28.2 Å². The predicted octanol–water partition coefficient (Wildman–Crippen LogP) is 2.30. The second-order valence-electron chi connectivity index (χ2n) is 3.41. The summed E-state index contributed by atoms with van der Waals surface area (Å²) >= 11 is 0. The maximum atomic E-state index is 12.6. The first-order chi connectivity index (χ1) is 9.24. The maximum absolute atomic E-state index is 12.6. The number of aliphatic hydroxyl groups excluding tert-OH is 1. The van der Waals surface area contributed by atoms with Gasteiger partial charge in [-0.1, -0.05) is 24.3 Å². The van der Waals surface area contributed by atoms with Crippen molar-refractivity contribution in [1.82, 2.24) is 0 Å². The van der Waals surface area contributed by atoms with Gasteiger partial charge in [0.15, 0.2) is 0 Å². The van der Waals surface area contributed by atoms with Gasteiger partial charge in [-0.2, -0.15) is 0 Å². The van der Waals surface area contributed by atoms with Crippen molar-refractivity contribution in [3.05, 3.63) is 77.9 Å². The van der Waals surface area contributed by atoms with E-state index in [1.165, 1.54) is 24.3 Å². The molecule has 7 N–H and O–H groups in total. The number of aliphatic hydroxyl groups is 1. The molecule has 139 valence electrons. The van der Waals surface area contributed by atoms with Crippen molar-refractivity contribution >= 4 is 11.4 Å². The molecule has 0 aliphatic carbocycles. The average Bonchev–Trinajstić information content (AvgIpc) is 2.45. The van der Waals surface area contributed by atoms with E-state index in [1.807, 2.05) is 0 Å². The van der Waals surface area contributed by atoms with Crippen LogP contribution in [0.1, 0.15) is 0 Å². The van der Waals surface area contributed by atoms with Crippen LogP contribution in [-0.2, 0) is 39.0 Å². The van der Waals surface area contributed by atoms with Crippen LogP contribution in [0.5, 0.6) is 0 Å². The number of halogens is 2. The third-order valence-electron chi connectivity index (χ3n) is 2.16. The van der Waals surface area contributed by atoms with Gasteiger partial charge in [0.25, 0.3) is 0 Å². The third-order valence-corrected chi connectivity index (χ3v) is 2.16. The largest absolute Gasteiger partial charge is 2.00 e. The topological polar surface area (TPSA) is 143 Å². The number of benzene rings is 2. The van der Waals surface area contributed by atoms with Gasteiger partial charge in [-0.25, -0.2) is 22.6 Å². The molecule has 0 unspecified atom stereocenters. The van der Waals surface area contributed by atoms with Crippen molar-refractivity contribution in [2.24, 2.45) is 0 Å². The molecule has 0 aliphatic heterocycles. The summed E-state index contributed by atoms with van der Waals surface area (Å²) in [4.78, 5) is 0. The normalized spacial score (nSPS) is 7.33. The SMILES string of the molecule is Fc1ccc([N-]C[N-]c2ccc(F)cc2)cc1.O.O.O.[CH2-]O.[Ru+2].[Ru+]. The van der Waals surface area contributed by atoms with Crippen LogP contribution in [0, 0.1) is 18.7 Å². The Labute approximate surface area is 165 Å². The van der Waals surface area contributed by atoms with Gasteiger partial charge in [0.2, 0.25) is 0 Å². The molecule has 2 rings (SSSR count). The van der Waals surface area contributed by atoms with Gasteiger partial charge >= 0.3 is 39.0 Å². The van der Waals surface area contributed by atoms with E-state index in [2.05, 4.69) is 17.7 Å². The molecule has 0 saturated carbocycles. The minimum atomic E-state index is -0.292. The van der Waals surface area contributed by atoms with Gasteiger partial charge in [0, 0.05) is 0 Å². The smallest absolute Gasteiger partial charge is 0.699 e. The summed E-state index contributed by atoms with van der Waals surface area (Å²) in [6, 6.07) is 11.7. The third kappa shape index (κ3) is 13.4. The maximum Gasteiger partial charge on any atom is 2.00 e. The Morgan fingerprint density at radius 2 is 0.958 bits per heavy atom. The fourth-order valence-corrected chi connectivity index (χ4v) is 1.29. The molecule has 10 heteroatoms. The van der Waals surface area contributed by atoms with Crippen molar-refractivity contribution in [2.75, 3.05) is 6.67 Å². The molecule has 2 aromatic rings. The molecule has 0 amide bonds. The van der Waals surface area contributed by atoms with E-state index < -0.39 is 0 Å². The van der Waals surface area contributed by atoms with Crippen LogP contribution in [0.2, 0.25) is 0 Å². The molecule has 6 nitrogen and oxygen atoms in total. The first kappa shape index (κ1) is 34.3. The molecule has 2 aromatic carbocycles. The molecule has 0 atom stereocenters. The Bertz CT molecular complexity index is 446. The molecule has 1 radical (unpaired) electrons. The second kappa shape index (κ2) is 20.0. The molecule has 24 heavy (non-hydrogen) atoms. The fraction of sp³-hybridized carbons (Fsp3) is 0.0714. The van der Waals surface area contributed by atoms with E-state index in [-0.39, 0.29) is 73.7 Å². The van der Waals surface area contributed by atoms with E-state index in [9.17, 15) is 8.78 Å². The molecule has 0 spiro atoms. The molecule has 0 aromatic heterocycles. The summed E-state index contributed by atoms with van der Waals surface area (Å²) in [5.41, 5.74) is 1.33. The zero-order valence-electron chi connectivity index (χ0n) is 12.3. The molecule has 0 heterocycles. The summed E-state index contributed by atoms with van der Waals surface area (Å²) < 4.78 is 25.2. The Morgan fingerprint density at radius 1 is 0.708 bits per heavy atom. The van der Waals surface area contributed by atoms with Gasteiger partial charge in [0.05, 0.1) is 0 Å². The van der Waals surface area contributed by atoms with Crippen molar-refractivity contribution in [3.8, 4) is 0 Å². The van der Waals surface area contributed by atoms with Crippen LogP contribution < -0.4 is 0 Å². The van der Waals surface area contributed by atoms with Gasteiger partial charge in [-0.05, 0) is 24.3 Å².